The van der Waals surface area contributed by atoms with Gasteiger partial charge in [-0.05, 0) is 24.6 Å². The average molecular weight is 251 g/mol. The number of ether oxygens (including phenoxy) is 1. The van der Waals surface area contributed by atoms with E-state index in [1.165, 1.54) is 12.1 Å². The van der Waals surface area contributed by atoms with Crippen molar-refractivity contribution in [2.24, 2.45) is 0 Å². The third-order valence-electron chi connectivity index (χ3n) is 1.95. The number of aryl methyl sites for hydroxylation is 1. The zero-order valence-electron chi connectivity index (χ0n) is 9.27. The maximum Gasteiger partial charge on any atom is 0.401 e. The van der Waals surface area contributed by atoms with Gasteiger partial charge in [0.2, 0.25) is 0 Å². The lowest BCUT2D eigenvalue weighted by Gasteiger charge is -2.10. The van der Waals surface area contributed by atoms with Crippen LogP contribution >= 0.6 is 0 Å². The van der Waals surface area contributed by atoms with E-state index in [2.05, 4.69) is 5.32 Å². The fourth-order valence-electron chi connectivity index (χ4n) is 1.18. The smallest absolute Gasteiger partial charge is 0.401 e. The summed E-state index contributed by atoms with van der Waals surface area (Å²) in [5.41, 5.74) is 0.824. The van der Waals surface area contributed by atoms with E-state index in [0.717, 1.165) is 5.56 Å². The van der Waals surface area contributed by atoms with Crippen molar-refractivity contribution in [2.45, 2.75) is 13.1 Å². The Bertz CT molecular complexity index is 365. The minimum atomic E-state index is -4.24. The molecule has 0 spiro atoms. The number of rotatable bonds is 5. The van der Waals surface area contributed by atoms with Crippen LogP contribution in [0, 0.1) is 12.7 Å². The zero-order valence-corrected chi connectivity index (χ0v) is 9.27. The van der Waals surface area contributed by atoms with Crippen molar-refractivity contribution in [3.05, 3.63) is 29.6 Å². The molecule has 1 rings (SSSR count). The first kappa shape index (κ1) is 13.8. The molecule has 0 aliphatic heterocycles. The fourth-order valence-corrected chi connectivity index (χ4v) is 1.18. The first-order chi connectivity index (χ1) is 7.88. The molecule has 2 nitrogen and oxygen atoms in total. The van der Waals surface area contributed by atoms with Gasteiger partial charge in [-0.2, -0.15) is 13.2 Å². The van der Waals surface area contributed by atoms with Crippen molar-refractivity contribution in [3.8, 4) is 5.75 Å². The summed E-state index contributed by atoms with van der Waals surface area (Å²) in [5.74, 6) is -0.467. The predicted molar refractivity (Wildman–Crippen MR) is 55.6 cm³/mol. The Hall–Kier alpha value is -1.30. The Balaban J connectivity index is 2.29. The van der Waals surface area contributed by atoms with Gasteiger partial charge in [0.15, 0.2) is 11.6 Å². The Morgan fingerprint density at radius 2 is 2.00 bits per heavy atom. The molecular weight excluding hydrogens is 238 g/mol. The molecule has 0 radical (unpaired) electrons. The van der Waals surface area contributed by atoms with Crippen LogP contribution in [0.5, 0.6) is 5.75 Å². The minimum absolute atomic E-state index is 0.00684. The van der Waals surface area contributed by atoms with E-state index in [0.29, 0.717) is 0 Å². The molecule has 96 valence electrons. The normalized spacial score (nSPS) is 11.6. The van der Waals surface area contributed by atoms with Crippen molar-refractivity contribution in [2.75, 3.05) is 19.7 Å². The maximum absolute atomic E-state index is 13.1. The topological polar surface area (TPSA) is 21.3 Å². The standard InChI is InChI=1S/C11H13F4NO/c1-8-2-3-9(12)10(6-8)17-5-4-16-7-11(13,14)15/h2-3,6,16H,4-5,7H2,1H3. The lowest BCUT2D eigenvalue weighted by molar-refractivity contribution is -0.124. The van der Waals surface area contributed by atoms with Crippen molar-refractivity contribution in [3.63, 3.8) is 0 Å². The highest BCUT2D eigenvalue weighted by atomic mass is 19.4. The number of halogens is 4. The summed E-state index contributed by atoms with van der Waals surface area (Å²) in [7, 11) is 0. The molecular formula is C11H13F4NO. The van der Waals surface area contributed by atoms with Gasteiger partial charge in [-0.25, -0.2) is 4.39 Å². The summed E-state index contributed by atoms with van der Waals surface area (Å²) < 4.78 is 53.4. The van der Waals surface area contributed by atoms with Crippen molar-refractivity contribution in [1.29, 1.82) is 0 Å². The molecule has 0 aliphatic carbocycles. The molecule has 0 aliphatic rings. The van der Waals surface area contributed by atoms with Crippen LogP contribution in [0.25, 0.3) is 0 Å². The second kappa shape index (κ2) is 5.86. The molecule has 0 unspecified atom stereocenters. The van der Waals surface area contributed by atoms with Gasteiger partial charge < -0.3 is 10.1 Å². The van der Waals surface area contributed by atoms with Crippen molar-refractivity contribution >= 4 is 0 Å². The van der Waals surface area contributed by atoms with Crippen LogP contribution in [0.4, 0.5) is 17.6 Å². The zero-order chi connectivity index (χ0) is 12.9. The summed E-state index contributed by atoms with van der Waals surface area (Å²) in [4.78, 5) is 0. The quantitative estimate of drug-likeness (QED) is 0.641. The molecule has 1 aromatic carbocycles. The van der Waals surface area contributed by atoms with Gasteiger partial charge in [0.25, 0.3) is 0 Å². The van der Waals surface area contributed by atoms with Crippen LogP contribution in [-0.2, 0) is 0 Å². The van der Waals surface area contributed by atoms with Gasteiger partial charge in [-0.1, -0.05) is 6.07 Å². The Labute approximate surface area is 96.6 Å². The number of hydrogen-bond acceptors (Lipinski definition) is 2. The van der Waals surface area contributed by atoms with E-state index in [-0.39, 0.29) is 18.9 Å². The van der Waals surface area contributed by atoms with Gasteiger partial charge in [-0.3, -0.25) is 0 Å². The lowest BCUT2D eigenvalue weighted by atomic mass is 10.2. The summed E-state index contributed by atoms with van der Waals surface area (Å²) in [6.07, 6.45) is -4.24. The van der Waals surface area contributed by atoms with E-state index in [9.17, 15) is 17.6 Å². The SMILES string of the molecule is Cc1ccc(F)c(OCCNCC(F)(F)F)c1. The number of nitrogens with one attached hydrogen (secondary N) is 1. The van der Waals surface area contributed by atoms with Gasteiger partial charge in [0, 0.05) is 6.54 Å². The molecule has 0 saturated heterocycles. The van der Waals surface area contributed by atoms with E-state index >= 15 is 0 Å². The van der Waals surface area contributed by atoms with Gasteiger partial charge in [-0.15, -0.1) is 0 Å². The van der Waals surface area contributed by atoms with Crippen LogP contribution in [0.3, 0.4) is 0 Å². The van der Waals surface area contributed by atoms with Crippen LogP contribution < -0.4 is 10.1 Å². The second-order valence-electron chi connectivity index (χ2n) is 3.57. The molecule has 0 aromatic heterocycles. The van der Waals surface area contributed by atoms with E-state index in [1.54, 1.807) is 13.0 Å². The number of hydrogen-bond donors (Lipinski definition) is 1. The molecule has 0 atom stereocenters. The van der Waals surface area contributed by atoms with Crippen LogP contribution in [0.15, 0.2) is 18.2 Å². The Kier molecular flexibility index (Phi) is 4.74. The van der Waals surface area contributed by atoms with Gasteiger partial charge >= 0.3 is 6.18 Å². The third kappa shape index (κ3) is 5.53. The van der Waals surface area contributed by atoms with Crippen molar-refractivity contribution in [1.82, 2.24) is 5.32 Å². The highest BCUT2D eigenvalue weighted by Gasteiger charge is 2.25. The minimum Gasteiger partial charge on any atom is -0.489 e. The third-order valence-corrected chi connectivity index (χ3v) is 1.95. The predicted octanol–water partition coefficient (Wildman–Crippen LogP) is 2.66. The van der Waals surface area contributed by atoms with Gasteiger partial charge in [0.1, 0.15) is 6.61 Å². The van der Waals surface area contributed by atoms with E-state index in [1.807, 2.05) is 0 Å². The van der Waals surface area contributed by atoms with Crippen molar-refractivity contribution < 1.29 is 22.3 Å². The van der Waals surface area contributed by atoms with Gasteiger partial charge in [0.05, 0.1) is 6.54 Å². The lowest BCUT2D eigenvalue weighted by Crippen LogP contribution is -2.31. The monoisotopic (exact) mass is 251 g/mol. The van der Waals surface area contributed by atoms with Crippen LogP contribution in [-0.4, -0.2) is 25.9 Å². The summed E-state index contributed by atoms with van der Waals surface area (Å²) >= 11 is 0. The number of alkyl halides is 3. The highest BCUT2D eigenvalue weighted by molar-refractivity contribution is 5.29. The molecule has 6 heteroatoms. The largest absolute Gasteiger partial charge is 0.489 e. The fraction of sp³-hybridized carbons (Fsp3) is 0.455. The molecule has 0 fully saturated rings. The first-order valence-electron chi connectivity index (χ1n) is 5.05. The first-order valence-corrected chi connectivity index (χ1v) is 5.05. The van der Waals surface area contributed by atoms with Crippen LogP contribution in [0.1, 0.15) is 5.56 Å². The van der Waals surface area contributed by atoms with E-state index < -0.39 is 18.5 Å². The maximum atomic E-state index is 13.1. The highest BCUT2D eigenvalue weighted by Crippen LogP contribution is 2.18. The van der Waals surface area contributed by atoms with Crippen LogP contribution in [0.2, 0.25) is 0 Å². The molecule has 0 bridgehead atoms. The van der Waals surface area contributed by atoms with E-state index in [4.69, 9.17) is 4.74 Å². The molecule has 0 heterocycles. The summed E-state index contributed by atoms with van der Waals surface area (Å²) in [6.45, 7) is 0.685. The second-order valence-corrected chi connectivity index (χ2v) is 3.57. The molecule has 1 aromatic rings. The summed E-state index contributed by atoms with van der Waals surface area (Å²) in [5, 5.41) is 2.16. The number of benzene rings is 1. The molecule has 0 amide bonds. The molecule has 0 saturated carbocycles. The summed E-state index contributed by atoms with van der Waals surface area (Å²) in [6, 6.07) is 4.34. The Morgan fingerprint density at radius 1 is 1.29 bits per heavy atom. The molecule has 1 N–H and O–H groups in total. The average Bonchev–Trinajstić information content (AvgIpc) is 2.21. The molecule has 17 heavy (non-hydrogen) atoms. The Morgan fingerprint density at radius 3 is 2.65 bits per heavy atom.